The Morgan fingerprint density at radius 2 is 1.92 bits per heavy atom. The lowest BCUT2D eigenvalue weighted by Gasteiger charge is -2.17. The smallest absolute Gasteiger partial charge is 0.257 e. The second kappa shape index (κ2) is 8.11. The number of carbonyl (C=O) groups excluding carboxylic acids is 1. The molecule has 0 saturated heterocycles. The highest BCUT2D eigenvalue weighted by Crippen LogP contribution is 2.34. The highest BCUT2D eigenvalue weighted by atomic mass is 79.9. The van der Waals surface area contributed by atoms with Gasteiger partial charge in [0.1, 0.15) is 0 Å². The summed E-state index contributed by atoms with van der Waals surface area (Å²) in [4.78, 5) is 12.5. The van der Waals surface area contributed by atoms with Crippen LogP contribution in [0.2, 0.25) is 5.02 Å². The van der Waals surface area contributed by atoms with E-state index in [4.69, 9.17) is 21.1 Å². The van der Waals surface area contributed by atoms with Crippen molar-refractivity contribution in [2.75, 3.05) is 12.4 Å². The molecule has 4 nitrogen and oxygen atoms in total. The Bertz CT molecular complexity index is 775. The molecule has 2 aromatic carbocycles. The molecule has 1 aliphatic rings. The third kappa shape index (κ3) is 4.47. The van der Waals surface area contributed by atoms with E-state index in [2.05, 4.69) is 21.2 Å². The number of amides is 1. The number of halogens is 2. The summed E-state index contributed by atoms with van der Waals surface area (Å²) in [6, 6.07) is 10.5. The van der Waals surface area contributed by atoms with Gasteiger partial charge in [-0.15, -0.1) is 0 Å². The lowest BCUT2D eigenvalue weighted by Crippen LogP contribution is -2.14. The van der Waals surface area contributed by atoms with Crippen molar-refractivity contribution < 1.29 is 14.3 Å². The van der Waals surface area contributed by atoms with Gasteiger partial charge in [0.15, 0.2) is 11.5 Å². The number of hydrogen-bond donors (Lipinski definition) is 1. The fraction of sp³-hybridized carbons (Fsp3) is 0.316. The molecule has 1 amide bonds. The first-order chi connectivity index (χ1) is 12.1. The first-order valence-electron chi connectivity index (χ1n) is 8.18. The van der Waals surface area contributed by atoms with Crippen molar-refractivity contribution in [2.24, 2.45) is 0 Å². The van der Waals surface area contributed by atoms with Crippen molar-refractivity contribution in [3.05, 3.63) is 51.5 Å². The summed E-state index contributed by atoms with van der Waals surface area (Å²) in [5.74, 6) is 1.03. The van der Waals surface area contributed by atoms with E-state index in [0.717, 1.165) is 17.3 Å². The summed E-state index contributed by atoms with van der Waals surface area (Å²) >= 11 is 9.48. The quantitative estimate of drug-likeness (QED) is 0.671. The molecule has 6 heteroatoms. The maximum atomic E-state index is 12.5. The van der Waals surface area contributed by atoms with Gasteiger partial charge in [0.05, 0.1) is 23.8 Å². The van der Waals surface area contributed by atoms with Crippen molar-refractivity contribution in [2.45, 2.75) is 31.8 Å². The second-order valence-corrected chi connectivity index (χ2v) is 7.29. The third-order valence-corrected chi connectivity index (χ3v) is 5.01. The molecule has 0 aliphatic heterocycles. The Morgan fingerprint density at radius 3 is 2.64 bits per heavy atom. The van der Waals surface area contributed by atoms with E-state index in [1.54, 1.807) is 43.5 Å². The van der Waals surface area contributed by atoms with E-state index in [-0.39, 0.29) is 12.0 Å². The van der Waals surface area contributed by atoms with Crippen molar-refractivity contribution in [1.82, 2.24) is 0 Å². The van der Waals surface area contributed by atoms with Crippen LogP contribution in [-0.2, 0) is 0 Å². The predicted octanol–water partition coefficient (Wildman–Crippen LogP) is 5.68. The summed E-state index contributed by atoms with van der Waals surface area (Å²) in [6.07, 6.45) is 4.68. The molecule has 0 aromatic heterocycles. The van der Waals surface area contributed by atoms with E-state index in [1.807, 2.05) is 0 Å². The molecule has 0 bridgehead atoms. The Kier molecular flexibility index (Phi) is 5.86. The fourth-order valence-electron chi connectivity index (χ4n) is 2.90. The van der Waals surface area contributed by atoms with Crippen molar-refractivity contribution in [1.29, 1.82) is 0 Å². The van der Waals surface area contributed by atoms with Crippen LogP contribution in [0.4, 0.5) is 5.69 Å². The molecule has 0 radical (unpaired) electrons. The van der Waals surface area contributed by atoms with Gasteiger partial charge in [-0.25, -0.2) is 0 Å². The highest BCUT2D eigenvalue weighted by Gasteiger charge is 2.19. The Hall–Kier alpha value is -1.72. The van der Waals surface area contributed by atoms with Gasteiger partial charge in [0.2, 0.25) is 0 Å². The maximum absolute atomic E-state index is 12.5. The second-order valence-electron chi connectivity index (χ2n) is 5.97. The number of benzene rings is 2. The minimum absolute atomic E-state index is 0.208. The number of rotatable bonds is 5. The molecule has 25 heavy (non-hydrogen) atoms. The average molecular weight is 425 g/mol. The van der Waals surface area contributed by atoms with Crippen LogP contribution < -0.4 is 14.8 Å². The standard InChI is InChI=1S/C19H19BrClNO3/c1-24-17-9-7-13(11-18(17)25-14-4-2-3-5-14)22-19(23)15-10-12(20)6-8-16(15)21/h6-11,14H,2-5H2,1H3,(H,22,23). The number of nitrogens with one attached hydrogen (secondary N) is 1. The van der Waals surface area contributed by atoms with E-state index >= 15 is 0 Å². The summed E-state index contributed by atoms with van der Waals surface area (Å²) in [6.45, 7) is 0. The van der Waals surface area contributed by atoms with E-state index in [0.29, 0.717) is 27.8 Å². The van der Waals surface area contributed by atoms with Crippen LogP contribution in [-0.4, -0.2) is 19.1 Å². The van der Waals surface area contributed by atoms with Gasteiger partial charge in [0.25, 0.3) is 5.91 Å². The molecular formula is C19H19BrClNO3. The third-order valence-electron chi connectivity index (χ3n) is 4.19. The van der Waals surface area contributed by atoms with Crippen LogP contribution in [0.1, 0.15) is 36.0 Å². The van der Waals surface area contributed by atoms with Gasteiger partial charge < -0.3 is 14.8 Å². The number of carbonyl (C=O) groups is 1. The molecule has 0 atom stereocenters. The molecule has 2 aromatic rings. The first-order valence-corrected chi connectivity index (χ1v) is 9.35. The molecular weight excluding hydrogens is 406 g/mol. The lowest BCUT2D eigenvalue weighted by molar-refractivity contribution is 0.102. The van der Waals surface area contributed by atoms with E-state index in [9.17, 15) is 4.79 Å². The van der Waals surface area contributed by atoms with E-state index < -0.39 is 0 Å². The first kappa shape index (κ1) is 18.1. The van der Waals surface area contributed by atoms with Crippen LogP contribution in [0.5, 0.6) is 11.5 Å². The zero-order valence-corrected chi connectivity index (χ0v) is 16.2. The number of anilines is 1. The van der Waals surface area contributed by atoms with Gasteiger partial charge in [-0.3, -0.25) is 4.79 Å². The zero-order valence-electron chi connectivity index (χ0n) is 13.9. The van der Waals surface area contributed by atoms with Gasteiger partial charge >= 0.3 is 0 Å². The largest absolute Gasteiger partial charge is 0.493 e. The lowest BCUT2D eigenvalue weighted by atomic mass is 10.2. The number of methoxy groups -OCH3 is 1. The predicted molar refractivity (Wildman–Crippen MR) is 103 cm³/mol. The zero-order chi connectivity index (χ0) is 17.8. The minimum atomic E-state index is -0.275. The highest BCUT2D eigenvalue weighted by molar-refractivity contribution is 9.10. The Balaban J connectivity index is 1.79. The monoisotopic (exact) mass is 423 g/mol. The molecule has 1 fully saturated rings. The topological polar surface area (TPSA) is 47.6 Å². The maximum Gasteiger partial charge on any atom is 0.257 e. The normalized spacial score (nSPS) is 14.4. The SMILES string of the molecule is COc1ccc(NC(=O)c2cc(Br)ccc2Cl)cc1OC1CCCC1. The van der Waals surface area contributed by atoms with Gasteiger partial charge in [-0.1, -0.05) is 27.5 Å². The summed E-state index contributed by atoms with van der Waals surface area (Å²) in [5.41, 5.74) is 1.04. The summed E-state index contributed by atoms with van der Waals surface area (Å²) in [5, 5.41) is 3.26. The summed E-state index contributed by atoms with van der Waals surface area (Å²) < 4.78 is 12.2. The molecule has 1 saturated carbocycles. The minimum Gasteiger partial charge on any atom is -0.493 e. The Morgan fingerprint density at radius 1 is 1.16 bits per heavy atom. The molecule has 3 rings (SSSR count). The van der Waals surface area contributed by atoms with Crippen molar-refractivity contribution in [3.63, 3.8) is 0 Å². The number of hydrogen-bond acceptors (Lipinski definition) is 3. The average Bonchev–Trinajstić information content (AvgIpc) is 3.10. The number of ether oxygens (including phenoxy) is 2. The Labute approximate surface area is 160 Å². The van der Waals surface area contributed by atoms with Crippen molar-refractivity contribution in [3.8, 4) is 11.5 Å². The molecule has 0 heterocycles. The van der Waals surface area contributed by atoms with E-state index in [1.165, 1.54) is 12.8 Å². The molecule has 0 unspecified atom stereocenters. The summed E-state index contributed by atoms with van der Waals surface area (Å²) in [7, 11) is 1.61. The van der Waals surface area contributed by atoms with Gasteiger partial charge in [-0.05, 0) is 56.0 Å². The van der Waals surface area contributed by atoms with Crippen LogP contribution in [0, 0.1) is 0 Å². The van der Waals surface area contributed by atoms with Crippen LogP contribution in [0.15, 0.2) is 40.9 Å². The molecule has 0 spiro atoms. The van der Waals surface area contributed by atoms with Gasteiger partial charge in [-0.2, -0.15) is 0 Å². The van der Waals surface area contributed by atoms with Crippen molar-refractivity contribution >= 4 is 39.1 Å². The van der Waals surface area contributed by atoms with Crippen LogP contribution >= 0.6 is 27.5 Å². The molecule has 1 N–H and O–H groups in total. The fourth-order valence-corrected chi connectivity index (χ4v) is 3.47. The van der Waals surface area contributed by atoms with Gasteiger partial charge in [0, 0.05) is 16.2 Å². The van der Waals surface area contributed by atoms with Crippen LogP contribution in [0.25, 0.3) is 0 Å². The molecule has 1 aliphatic carbocycles. The van der Waals surface area contributed by atoms with Crippen LogP contribution in [0.3, 0.4) is 0 Å². The molecule has 132 valence electrons.